The lowest BCUT2D eigenvalue weighted by Crippen LogP contribution is -2.25. The first kappa shape index (κ1) is 15.8. The highest BCUT2D eigenvalue weighted by Crippen LogP contribution is 2.22. The van der Waals surface area contributed by atoms with Crippen LogP contribution in [0.3, 0.4) is 0 Å². The Bertz CT molecular complexity index is 689. The summed E-state index contributed by atoms with van der Waals surface area (Å²) in [6, 6.07) is 1.49. The Morgan fingerprint density at radius 1 is 1.43 bits per heavy atom. The molecule has 0 saturated heterocycles. The van der Waals surface area contributed by atoms with Gasteiger partial charge in [0.2, 0.25) is 10.0 Å². The van der Waals surface area contributed by atoms with Gasteiger partial charge in [-0.2, -0.15) is 5.21 Å². The number of hydrogen-bond donors (Lipinski definition) is 3. The van der Waals surface area contributed by atoms with Gasteiger partial charge in [-0.15, -0.1) is 10.2 Å². The van der Waals surface area contributed by atoms with Crippen LogP contribution in [0.1, 0.15) is 19.2 Å². The minimum absolute atomic E-state index is 0.0570. The zero-order valence-electron chi connectivity index (χ0n) is 11.2. The smallest absolute Gasteiger partial charge is 0.244 e. The van der Waals surface area contributed by atoms with Crippen LogP contribution in [0, 0.1) is 0 Å². The lowest BCUT2D eigenvalue weighted by atomic mass is 10.4. The second-order valence-corrected chi connectivity index (χ2v) is 6.73. The molecule has 11 heteroatoms. The van der Waals surface area contributed by atoms with Gasteiger partial charge >= 0.3 is 0 Å². The second-order valence-electron chi connectivity index (χ2n) is 4.08. The van der Waals surface area contributed by atoms with Crippen LogP contribution in [0.15, 0.2) is 21.6 Å². The van der Waals surface area contributed by atoms with Gasteiger partial charge in [0.25, 0.3) is 0 Å². The highest BCUT2D eigenvalue weighted by molar-refractivity contribution is 9.10. The molecule has 0 atom stereocenters. The molecule has 2 aromatic rings. The number of halogens is 1. The molecule has 0 aliphatic carbocycles. The summed E-state index contributed by atoms with van der Waals surface area (Å²) in [4.78, 5) is 4.16. The first-order valence-corrected chi connectivity index (χ1v) is 8.42. The number of tetrazole rings is 1. The molecular formula is C10H14BrN7O2S. The molecule has 0 unspecified atom stereocenters. The Morgan fingerprint density at radius 3 is 2.90 bits per heavy atom. The first-order valence-electron chi connectivity index (χ1n) is 6.14. The van der Waals surface area contributed by atoms with Crippen molar-refractivity contribution in [3.8, 4) is 0 Å². The van der Waals surface area contributed by atoms with Crippen molar-refractivity contribution in [3.05, 3.63) is 22.6 Å². The third kappa shape index (κ3) is 4.19. The Morgan fingerprint density at radius 2 is 2.24 bits per heavy atom. The molecule has 2 heterocycles. The van der Waals surface area contributed by atoms with Crippen molar-refractivity contribution < 1.29 is 8.42 Å². The summed E-state index contributed by atoms with van der Waals surface area (Å²) in [5, 5.41) is 16.0. The second kappa shape index (κ2) is 6.91. The highest BCUT2D eigenvalue weighted by Gasteiger charge is 2.20. The van der Waals surface area contributed by atoms with Gasteiger partial charge in [-0.25, -0.2) is 18.1 Å². The van der Waals surface area contributed by atoms with E-state index in [9.17, 15) is 8.42 Å². The maximum absolute atomic E-state index is 12.4. The summed E-state index contributed by atoms with van der Waals surface area (Å²) in [5.74, 6) is 0.560. The Hall–Kier alpha value is -1.59. The number of H-pyrrole nitrogens is 1. The predicted molar refractivity (Wildman–Crippen MR) is 78.9 cm³/mol. The quantitative estimate of drug-likeness (QED) is 0.648. The van der Waals surface area contributed by atoms with Crippen molar-refractivity contribution in [2.45, 2.75) is 24.8 Å². The van der Waals surface area contributed by atoms with E-state index in [1.165, 1.54) is 12.3 Å². The van der Waals surface area contributed by atoms with Crippen LogP contribution in [-0.2, 0) is 16.6 Å². The van der Waals surface area contributed by atoms with Crippen LogP contribution in [-0.4, -0.2) is 40.6 Å². The molecule has 21 heavy (non-hydrogen) atoms. The van der Waals surface area contributed by atoms with E-state index in [4.69, 9.17) is 0 Å². The van der Waals surface area contributed by atoms with Crippen molar-refractivity contribution in [1.82, 2.24) is 30.3 Å². The fourth-order valence-corrected chi connectivity index (χ4v) is 3.12. The van der Waals surface area contributed by atoms with E-state index in [1.807, 2.05) is 6.92 Å². The lowest BCUT2D eigenvalue weighted by Gasteiger charge is -2.11. The molecule has 0 saturated carbocycles. The number of pyridine rings is 1. The standard InChI is InChI=1S/C10H14BrN7O2S/c1-2-3-12-10-8(4-7(11)5-13-10)21(19,20)14-6-9-15-17-18-16-9/h4-5,14H,2-3,6H2,1H3,(H,12,13)(H,15,16,17,18). The molecule has 0 spiro atoms. The van der Waals surface area contributed by atoms with Gasteiger partial charge in [-0.1, -0.05) is 12.1 Å². The largest absolute Gasteiger partial charge is 0.369 e. The van der Waals surface area contributed by atoms with E-state index in [0.717, 1.165) is 6.42 Å². The van der Waals surface area contributed by atoms with E-state index in [2.05, 4.69) is 51.6 Å². The van der Waals surface area contributed by atoms with Crippen molar-refractivity contribution >= 4 is 31.8 Å². The zero-order valence-corrected chi connectivity index (χ0v) is 13.6. The van der Waals surface area contributed by atoms with E-state index >= 15 is 0 Å². The van der Waals surface area contributed by atoms with E-state index < -0.39 is 10.0 Å². The Balaban J connectivity index is 2.23. The number of anilines is 1. The van der Waals surface area contributed by atoms with Crippen LogP contribution >= 0.6 is 15.9 Å². The van der Waals surface area contributed by atoms with Crippen molar-refractivity contribution in [2.24, 2.45) is 0 Å². The Labute approximate surface area is 130 Å². The molecule has 0 bridgehead atoms. The summed E-state index contributed by atoms with van der Waals surface area (Å²) in [5.41, 5.74) is 0. The lowest BCUT2D eigenvalue weighted by molar-refractivity contribution is 0.579. The third-order valence-electron chi connectivity index (χ3n) is 2.46. The van der Waals surface area contributed by atoms with Gasteiger partial charge in [0.05, 0.1) is 6.54 Å². The highest BCUT2D eigenvalue weighted by atomic mass is 79.9. The summed E-state index contributed by atoms with van der Waals surface area (Å²) in [7, 11) is -3.75. The minimum Gasteiger partial charge on any atom is -0.369 e. The normalized spacial score (nSPS) is 11.5. The van der Waals surface area contributed by atoms with Crippen molar-refractivity contribution in [3.63, 3.8) is 0 Å². The molecule has 0 fully saturated rings. The summed E-state index contributed by atoms with van der Waals surface area (Å²) >= 11 is 3.22. The minimum atomic E-state index is -3.75. The molecule has 0 aromatic carbocycles. The monoisotopic (exact) mass is 375 g/mol. The van der Waals surface area contributed by atoms with Crippen LogP contribution in [0.4, 0.5) is 5.82 Å². The summed E-state index contributed by atoms with van der Waals surface area (Å²) in [6.45, 7) is 2.55. The molecular weight excluding hydrogens is 362 g/mol. The van der Waals surface area contributed by atoms with Crippen LogP contribution in [0.5, 0.6) is 0 Å². The average molecular weight is 376 g/mol. The molecule has 0 amide bonds. The number of hydrogen-bond acceptors (Lipinski definition) is 7. The van der Waals surface area contributed by atoms with E-state index in [0.29, 0.717) is 16.8 Å². The molecule has 2 aromatic heterocycles. The summed E-state index contributed by atoms with van der Waals surface area (Å²) < 4.78 is 27.7. The number of aromatic nitrogens is 5. The first-order chi connectivity index (χ1) is 10.0. The molecule has 0 radical (unpaired) electrons. The number of nitrogens with one attached hydrogen (secondary N) is 3. The molecule has 0 aliphatic heterocycles. The van der Waals surface area contributed by atoms with Crippen LogP contribution in [0.2, 0.25) is 0 Å². The molecule has 114 valence electrons. The van der Waals surface area contributed by atoms with Crippen molar-refractivity contribution in [1.29, 1.82) is 0 Å². The maximum atomic E-state index is 12.4. The molecule has 9 nitrogen and oxygen atoms in total. The molecule has 3 N–H and O–H groups in total. The third-order valence-corrected chi connectivity index (χ3v) is 4.31. The number of sulfonamides is 1. The fraction of sp³-hybridized carbons (Fsp3) is 0.400. The molecule has 2 rings (SSSR count). The number of aromatic amines is 1. The number of rotatable bonds is 7. The van der Waals surface area contributed by atoms with E-state index in [-0.39, 0.29) is 17.3 Å². The molecule has 0 aliphatic rings. The van der Waals surface area contributed by atoms with Gasteiger partial charge < -0.3 is 5.32 Å². The SMILES string of the molecule is CCCNc1ncc(Br)cc1S(=O)(=O)NCc1nn[nH]n1. The zero-order chi connectivity index (χ0) is 15.3. The van der Waals surface area contributed by atoms with Crippen LogP contribution in [0.25, 0.3) is 0 Å². The van der Waals surface area contributed by atoms with Gasteiger partial charge in [-0.3, -0.25) is 0 Å². The summed E-state index contributed by atoms with van der Waals surface area (Å²) in [6.07, 6.45) is 2.39. The van der Waals surface area contributed by atoms with Crippen LogP contribution < -0.4 is 10.0 Å². The number of nitrogens with zero attached hydrogens (tertiary/aromatic N) is 4. The van der Waals surface area contributed by atoms with Crippen molar-refractivity contribution in [2.75, 3.05) is 11.9 Å². The van der Waals surface area contributed by atoms with E-state index in [1.54, 1.807) is 0 Å². The topological polar surface area (TPSA) is 126 Å². The fourth-order valence-electron chi connectivity index (χ4n) is 1.50. The average Bonchev–Trinajstić information content (AvgIpc) is 2.97. The van der Waals surface area contributed by atoms with Gasteiger partial charge in [0.15, 0.2) is 5.82 Å². The predicted octanol–water partition coefficient (Wildman–Crippen LogP) is 0.658. The Kier molecular flexibility index (Phi) is 5.20. The maximum Gasteiger partial charge on any atom is 0.244 e. The van der Waals surface area contributed by atoms with Gasteiger partial charge in [0, 0.05) is 17.2 Å². The van der Waals surface area contributed by atoms with Gasteiger partial charge in [0.1, 0.15) is 10.7 Å². The van der Waals surface area contributed by atoms with Gasteiger partial charge in [-0.05, 0) is 28.4 Å².